The molecule has 0 saturated carbocycles. The van der Waals surface area contributed by atoms with Crippen LogP contribution in [0.25, 0.3) is 0 Å². The quantitative estimate of drug-likeness (QED) is 0.757. The second kappa shape index (κ2) is 5.62. The third kappa shape index (κ3) is 3.17. The number of aryl methyl sites for hydroxylation is 1. The van der Waals surface area contributed by atoms with Gasteiger partial charge in [0.15, 0.2) is 0 Å². The highest BCUT2D eigenvalue weighted by molar-refractivity contribution is 6.08. The Balaban J connectivity index is 2.31. The summed E-state index contributed by atoms with van der Waals surface area (Å²) in [4.78, 5) is 23.2. The van der Waals surface area contributed by atoms with E-state index in [2.05, 4.69) is 5.32 Å². The molecule has 0 aromatic heterocycles. The molecule has 6 heteroatoms. The summed E-state index contributed by atoms with van der Waals surface area (Å²) in [6, 6.07) is 8.14. The van der Waals surface area contributed by atoms with Gasteiger partial charge in [-0.05, 0) is 42.8 Å². The maximum Gasteiger partial charge on any atom is 0.337 e. The summed E-state index contributed by atoms with van der Waals surface area (Å²) in [5.41, 5.74) is 6.28. The number of halogens is 1. The average molecular weight is 288 g/mol. The maximum atomic E-state index is 13.4. The highest BCUT2D eigenvalue weighted by Crippen LogP contribution is 2.20. The molecule has 0 atom stereocenters. The standard InChI is InChI=1S/C15H13FN2O3/c1-8-2-3-9(6-12(8)16)14(19)18-13-5-4-10(17)7-11(13)15(20)21/h2-7H,17H2,1H3,(H,18,19)(H,20,21). The maximum absolute atomic E-state index is 13.4. The van der Waals surface area contributed by atoms with E-state index in [0.717, 1.165) is 6.07 Å². The van der Waals surface area contributed by atoms with E-state index in [1.807, 2.05) is 0 Å². The molecule has 0 radical (unpaired) electrons. The number of benzene rings is 2. The number of carbonyl (C=O) groups is 2. The molecule has 21 heavy (non-hydrogen) atoms. The van der Waals surface area contributed by atoms with Crippen LogP contribution in [-0.2, 0) is 0 Å². The second-order valence-corrected chi connectivity index (χ2v) is 4.53. The molecular formula is C15H13FN2O3. The fourth-order valence-electron chi connectivity index (χ4n) is 1.78. The largest absolute Gasteiger partial charge is 0.478 e. The molecule has 0 spiro atoms. The minimum atomic E-state index is -1.22. The number of carboxylic acid groups (broad SMARTS) is 1. The van der Waals surface area contributed by atoms with Gasteiger partial charge in [0.05, 0.1) is 11.3 Å². The van der Waals surface area contributed by atoms with Gasteiger partial charge in [0.1, 0.15) is 5.82 Å². The monoisotopic (exact) mass is 288 g/mol. The molecule has 0 saturated heterocycles. The Kier molecular flexibility index (Phi) is 3.89. The minimum absolute atomic E-state index is 0.0997. The van der Waals surface area contributed by atoms with Gasteiger partial charge in [-0.15, -0.1) is 0 Å². The van der Waals surface area contributed by atoms with Crippen molar-refractivity contribution >= 4 is 23.3 Å². The molecule has 0 fully saturated rings. The van der Waals surface area contributed by atoms with E-state index in [0.29, 0.717) is 5.56 Å². The van der Waals surface area contributed by atoms with Gasteiger partial charge in [-0.2, -0.15) is 0 Å². The summed E-state index contributed by atoms with van der Waals surface area (Å²) < 4.78 is 13.4. The number of nitrogens with two attached hydrogens (primary N) is 1. The van der Waals surface area contributed by atoms with Crippen molar-refractivity contribution in [3.8, 4) is 0 Å². The first kappa shape index (κ1) is 14.5. The fourth-order valence-corrected chi connectivity index (χ4v) is 1.78. The number of hydrogen-bond acceptors (Lipinski definition) is 3. The third-order valence-corrected chi connectivity index (χ3v) is 2.96. The smallest absolute Gasteiger partial charge is 0.337 e. The average Bonchev–Trinajstić information content (AvgIpc) is 2.43. The van der Waals surface area contributed by atoms with Gasteiger partial charge in [-0.3, -0.25) is 4.79 Å². The first-order valence-corrected chi connectivity index (χ1v) is 6.09. The predicted molar refractivity (Wildman–Crippen MR) is 76.9 cm³/mol. The van der Waals surface area contributed by atoms with Crippen LogP contribution >= 0.6 is 0 Å². The van der Waals surface area contributed by atoms with Crippen molar-refractivity contribution in [3.05, 3.63) is 58.9 Å². The molecule has 2 aromatic rings. The van der Waals surface area contributed by atoms with Crippen LogP contribution in [0.2, 0.25) is 0 Å². The van der Waals surface area contributed by atoms with Gasteiger partial charge in [0.25, 0.3) is 5.91 Å². The van der Waals surface area contributed by atoms with Gasteiger partial charge in [0, 0.05) is 11.3 Å². The Morgan fingerprint density at radius 1 is 1.19 bits per heavy atom. The van der Waals surface area contributed by atoms with Crippen molar-refractivity contribution in [2.24, 2.45) is 0 Å². The molecule has 0 aliphatic carbocycles. The Bertz CT molecular complexity index is 729. The Labute approximate surface area is 120 Å². The molecule has 0 aliphatic rings. The number of amides is 1. The van der Waals surface area contributed by atoms with Crippen LogP contribution in [0.3, 0.4) is 0 Å². The zero-order chi connectivity index (χ0) is 15.6. The van der Waals surface area contributed by atoms with Crippen LogP contribution in [0, 0.1) is 12.7 Å². The number of hydrogen-bond donors (Lipinski definition) is 3. The molecule has 108 valence electrons. The molecule has 4 N–H and O–H groups in total. The topological polar surface area (TPSA) is 92.4 Å². The number of carbonyl (C=O) groups excluding carboxylic acids is 1. The molecule has 1 amide bonds. The Hall–Kier alpha value is -2.89. The van der Waals surface area contributed by atoms with E-state index in [-0.39, 0.29) is 22.5 Å². The summed E-state index contributed by atoms with van der Waals surface area (Å²) >= 11 is 0. The Morgan fingerprint density at radius 2 is 1.90 bits per heavy atom. The zero-order valence-corrected chi connectivity index (χ0v) is 11.2. The van der Waals surface area contributed by atoms with Crippen LogP contribution in [0.15, 0.2) is 36.4 Å². The van der Waals surface area contributed by atoms with E-state index in [4.69, 9.17) is 10.8 Å². The van der Waals surface area contributed by atoms with Crippen LogP contribution in [-0.4, -0.2) is 17.0 Å². The first-order valence-electron chi connectivity index (χ1n) is 6.09. The summed E-state index contributed by atoms with van der Waals surface area (Å²) in [5, 5.41) is 11.5. The second-order valence-electron chi connectivity index (χ2n) is 4.53. The number of carboxylic acids is 1. The van der Waals surface area contributed by atoms with Gasteiger partial charge < -0.3 is 16.2 Å². The van der Waals surface area contributed by atoms with Crippen molar-refractivity contribution in [3.63, 3.8) is 0 Å². The molecule has 2 rings (SSSR count). The number of nitrogen functional groups attached to an aromatic ring is 1. The molecule has 0 unspecified atom stereocenters. The molecular weight excluding hydrogens is 275 g/mol. The summed E-state index contributed by atoms with van der Waals surface area (Å²) in [6.45, 7) is 1.58. The lowest BCUT2D eigenvalue weighted by atomic mass is 10.1. The summed E-state index contributed by atoms with van der Waals surface area (Å²) in [7, 11) is 0. The fraction of sp³-hybridized carbons (Fsp3) is 0.0667. The van der Waals surface area contributed by atoms with Crippen LogP contribution < -0.4 is 11.1 Å². The number of anilines is 2. The van der Waals surface area contributed by atoms with Gasteiger partial charge in [-0.1, -0.05) is 6.07 Å². The van der Waals surface area contributed by atoms with Gasteiger partial charge >= 0.3 is 5.97 Å². The van der Waals surface area contributed by atoms with Crippen molar-refractivity contribution in [1.29, 1.82) is 0 Å². The summed E-state index contributed by atoms with van der Waals surface area (Å²) in [5.74, 6) is -2.31. The molecule has 2 aromatic carbocycles. The lowest BCUT2D eigenvalue weighted by molar-refractivity contribution is 0.0698. The van der Waals surface area contributed by atoms with E-state index in [9.17, 15) is 14.0 Å². The van der Waals surface area contributed by atoms with Crippen molar-refractivity contribution in [1.82, 2.24) is 0 Å². The SMILES string of the molecule is Cc1ccc(C(=O)Nc2ccc(N)cc2C(=O)O)cc1F. The lowest BCUT2D eigenvalue weighted by Crippen LogP contribution is -2.15. The van der Waals surface area contributed by atoms with E-state index in [1.54, 1.807) is 6.92 Å². The summed E-state index contributed by atoms with van der Waals surface area (Å²) in [6.07, 6.45) is 0. The molecule has 0 heterocycles. The normalized spacial score (nSPS) is 10.2. The Morgan fingerprint density at radius 3 is 2.52 bits per heavy atom. The predicted octanol–water partition coefficient (Wildman–Crippen LogP) is 2.67. The number of rotatable bonds is 3. The number of nitrogens with one attached hydrogen (secondary N) is 1. The van der Waals surface area contributed by atoms with Crippen LogP contribution in [0.5, 0.6) is 0 Å². The molecule has 0 aliphatic heterocycles. The third-order valence-electron chi connectivity index (χ3n) is 2.96. The molecule has 0 bridgehead atoms. The van der Waals surface area contributed by atoms with Gasteiger partial charge in [-0.25, -0.2) is 9.18 Å². The molecule has 5 nitrogen and oxygen atoms in total. The van der Waals surface area contributed by atoms with E-state index < -0.39 is 17.7 Å². The van der Waals surface area contributed by atoms with Crippen molar-refractivity contribution < 1.29 is 19.1 Å². The van der Waals surface area contributed by atoms with E-state index >= 15 is 0 Å². The first-order chi connectivity index (χ1) is 9.88. The van der Waals surface area contributed by atoms with E-state index in [1.165, 1.54) is 30.3 Å². The lowest BCUT2D eigenvalue weighted by Gasteiger charge is -2.09. The number of aromatic carboxylic acids is 1. The minimum Gasteiger partial charge on any atom is -0.478 e. The highest BCUT2D eigenvalue weighted by atomic mass is 19.1. The van der Waals surface area contributed by atoms with Crippen molar-refractivity contribution in [2.75, 3.05) is 11.1 Å². The zero-order valence-electron chi connectivity index (χ0n) is 11.2. The highest BCUT2D eigenvalue weighted by Gasteiger charge is 2.14. The van der Waals surface area contributed by atoms with Gasteiger partial charge in [0.2, 0.25) is 0 Å². The van der Waals surface area contributed by atoms with Crippen LogP contribution in [0.4, 0.5) is 15.8 Å². The van der Waals surface area contributed by atoms with Crippen LogP contribution in [0.1, 0.15) is 26.3 Å². The van der Waals surface area contributed by atoms with Crippen molar-refractivity contribution in [2.45, 2.75) is 6.92 Å².